The molecule has 0 aromatic carbocycles. The third-order valence-corrected chi connectivity index (χ3v) is 1.38. The van der Waals surface area contributed by atoms with Crippen LogP contribution in [0.2, 0.25) is 0 Å². The van der Waals surface area contributed by atoms with Crippen molar-refractivity contribution in [3.63, 3.8) is 0 Å². The zero-order chi connectivity index (χ0) is 16.2. The molecule has 0 amide bonds. The second kappa shape index (κ2) is 21.8. The van der Waals surface area contributed by atoms with Gasteiger partial charge in [0.2, 0.25) is 0 Å². The van der Waals surface area contributed by atoms with Gasteiger partial charge in [0.05, 0.1) is 0 Å². The van der Waals surface area contributed by atoms with E-state index in [1.807, 2.05) is 27.7 Å². The summed E-state index contributed by atoms with van der Waals surface area (Å²) >= 11 is 0. The number of hydrogen-bond acceptors (Lipinski definition) is 0. The van der Waals surface area contributed by atoms with Crippen LogP contribution in [0.3, 0.4) is 0 Å². The number of allylic oxidation sites excluding steroid dienone is 8. The Bertz CT molecular complexity index is 414. The van der Waals surface area contributed by atoms with Crippen LogP contribution < -0.4 is 0 Å². The molecule has 0 rings (SSSR count). The predicted octanol–water partition coefficient (Wildman–Crippen LogP) is 5.64. The Morgan fingerprint density at radius 1 is 0.700 bits per heavy atom. The lowest BCUT2D eigenvalue weighted by molar-refractivity contribution is 1.50. The smallest absolute Gasteiger partial charge is 0.0183 e. The van der Waals surface area contributed by atoms with Crippen LogP contribution >= 0.6 is 0 Å². The third kappa shape index (κ3) is 20.9. The fourth-order valence-electron chi connectivity index (χ4n) is 0.675. The maximum absolute atomic E-state index is 3.73. The molecule has 0 spiro atoms. The summed E-state index contributed by atoms with van der Waals surface area (Å²) in [7, 11) is 0. The highest BCUT2D eigenvalue weighted by molar-refractivity contribution is 5.46. The van der Waals surface area contributed by atoms with E-state index < -0.39 is 0 Å². The molecular formula is C20H26. The first-order valence-corrected chi connectivity index (χ1v) is 6.68. The van der Waals surface area contributed by atoms with Crippen molar-refractivity contribution in [1.82, 2.24) is 0 Å². The average Bonchev–Trinajstić information content (AvgIpc) is 2.51. The standard InChI is InChI=1S/C16H14.2C2H6/c1-5-7-11-15(3)13-9-10-14-16(4)12-8-6-2;2*1-2/h5-8,11-12H,1-4H2;2*1-2H3/b11-7-,12-8-;;. The average molecular weight is 266 g/mol. The van der Waals surface area contributed by atoms with Crippen LogP contribution in [0.5, 0.6) is 0 Å². The molecular weight excluding hydrogens is 240 g/mol. The van der Waals surface area contributed by atoms with Crippen molar-refractivity contribution in [3.8, 4) is 23.7 Å². The number of rotatable bonds is 4. The first kappa shape index (κ1) is 22.7. The van der Waals surface area contributed by atoms with E-state index >= 15 is 0 Å². The summed E-state index contributed by atoms with van der Waals surface area (Å²) in [5.74, 6) is 11.0. The van der Waals surface area contributed by atoms with E-state index in [2.05, 4.69) is 50.0 Å². The van der Waals surface area contributed by atoms with Gasteiger partial charge in [-0.2, -0.15) is 0 Å². The highest BCUT2D eigenvalue weighted by Crippen LogP contribution is 1.90. The van der Waals surface area contributed by atoms with Crippen molar-refractivity contribution in [1.29, 1.82) is 0 Å². The molecule has 0 heteroatoms. The first-order chi connectivity index (χ1) is 9.70. The Kier molecular flexibility index (Phi) is 24.8. The fourth-order valence-corrected chi connectivity index (χ4v) is 0.675. The van der Waals surface area contributed by atoms with Gasteiger partial charge in [0, 0.05) is 11.1 Å². The Morgan fingerprint density at radius 3 is 1.25 bits per heavy atom. The summed E-state index contributed by atoms with van der Waals surface area (Å²) < 4.78 is 0. The molecule has 0 nitrogen and oxygen atoms in total. The predicted molar refractivity (Wildman–Crippen MR) is 95.2 cm³/mol. The molecule has 20 heavy (non-hydrogen) atoms. The Morgan fingerprint density at radius 2 is 1.00 bits per heavy atom. The Hall–Kier alpha value is -2.44. The molecule has 0 saturated heterocycles. The quantitative estimate of drug-likeness (QED) is 0.456. The van der Waals surface area contributed by atoms with Crippen molar-refractivity contribution in [2.75, 3.05) is 0 Å². The van der Waals surface area contributed by atoms with Crippen LogP contribution in [-0.2, 0) is 0 Å². The molecule has 0 aliphatic carbocycles. The summed E-state index contributed by atoms with van der Waals surface area (Å²) in [4.78, 5) is 0. The highest BCUT2D eigenvalue weighted by atomic mass is 13.8. The number of hydrogen-bond donors (Lipinski definition) is 0. The van der Waals surface area contributed by atoms with Gasteiger partial charge in [-0.3, -0.25) is 0 Å². The normalized spacial score (nSPS) is 7.60. The molecule has 0 bridgehead atoms. The van der Waals surface area contributed by atoms with Gasteiger partial charge < -0.3 is 0 Å². The van der Waals surface area contributed by atoms with Gasteiger partial charge in [-0.05, 0) is 24.0 Å². The van der Waals surface area contributed by atoms with Crippen molar-refractivity contribution >= 4 is 0 Å². The minimum Gasteiger partial charge on any atom is -0.0991 e. The van der Waals surface area contributed by atoms with Crippen LogP contribution in [0.1, 0.15) is 27.7 Å². The SMILES string of the molecule is C=C/C=C\C(=C)C#CC#CC(=C)/C=C\C=C.CC.CC. The van der Waals surface area contributed by atoms with Gasteiger partial charge in [-0.1, -0.05) is 90.2 Å². The van der Waals surface area contributed by atoms with Crippen molar-refractivity contribution in [2.45, 2.75) is 27.7 Å². The Labute approximate surface area is 126 Å². The van der Waals surface area contributed by atoms with E-state index in [1.165, 1.54) is 0 Å². The lowest BCUT2D eigenvalue weighted by Crippen LogP contribution is -1.67. The summed E-state index contributed by atoms with van der Waals surface area (Å²) in [6.45, 7) is 22.6. The lowest BCUT2D eigenvalue weighted by atomic mass is 10.2. The molecule has 0 heterocycles. The Balaban J connectivity index is -0.000000656. The second-order valence-corrected chi connectivity index (χ2v) is 2.74. The second-order valence-electron chi connectivity index (χ2n) is 2.74. The van der Waals surface area contributed by atoms with Crippen LogP contribution in [0.15, 0.2) is 73.9 Å². The highest BCUT2D eigenvalue weighted by Gasteiger charge is 1.76. The minimum absolute atomic E-state index is 0.696. The summed E-state index contributed by atoms with van der Waals surface area (Å²) in [5.41, 5.74) is 1.39. The van der Waals surface area contributed by atoms with E-state index in [-0.39, 0.29) is 0 Å². The van der Waals surface area contributed by atoms with Gasteiger partial charge >= 0.3 is 0 Å². The topological polar surface area (TPSA) is 0 Å². The van der Waals surface area contributed by atoms with Crippen LogP contribution in [0.25, 0.3) is 0 Å². The zero-order valence-corrected chi connectivity index (χ0v) is 13.3. The van der Waals surface area contributed by atoms with Gasteiger partial charge in [-0.25, -0.2) is 0 Å². The van der Waals surface area contributed by atoms with Crippen molar-refractivity contribution in [3.05, 3.63) is 73.9 Å². The summed E-state index contributed by atoms with van der Waals surface area (Å²) in [6, 6.07) is 0. The van der Waals surface area contributed by atoms with Gasteiger partial charge in [0.25, 0.3) is 0 Å². The van der Waals surface area contributed by atoms with E-state index in [1.54, 1.807) is 36.5 Å². The molecule has 0 fully saturated rings. The van der Waals surface area contributed by atoms with Crippen molar-refractivity contribution in [2.24, 2.45) is 0 Å². The lowest BCUT2D eigenvalue weighted by Gasteiger charge is -1.80. The third-order valence-electron chi connectivity index (χ3n) is 1.38. The molecule has 0 atom stereocenters. The fraction of sp³-hybridized carbons (Fsp3) is 0.200. The van der Waals surface area contributed by atoms with Gasteiger partial charge in [0.15, 0.2) is 0 Å². The molecule has 106 valence electrons. The van der Waals surface area contributed by atoms with Crippen LogP contribution in [0.4, 0.5) is 0 Å². The summed E-state index contributed by atoms with van der Waals surface area (Å²) in [6.07, 6.45) is 10.4. The van der Waals surface area contributed by atoms with E-state index in [0.29, 0.717) is 11.1 Å². The molecule has 0 aliphatic heterocycles. The molecule has 0 unspecified atom stereocenters. The van der Waals surface area contributed by atoms with Gasteiger partial charge in [0.1, 0.15) is 0 Å². The van der Waals surface area contributed by atoms with E-state index in [9.17, 15) is 0 Å². The van der Waals surface area contributed by atoms with E-state index in [0.717, 1.165) is 0 Å². The monoisotopic (exact) mass is 266 g/mol. The minimum atomic E-state index is 0.696. The van der Waals surface area contributed by atoms with Gasteiger partial charge in [-0.15, -0.1) is 0 Å². The van der Waals surface area contributed by atoms with Crippen LogP contribution in [-0.4, -0.2) is 0 Å². The molecule has 0 aromatic heterocycles. The largest absolute Gasteiger partial charge is 0.0991 e. The zero-order valence-electron chi connectivity index (χ0n) is 13.3. The molecule has 0 aromatic rings. The molecule has 0 N–H and O–H groups in total. The maximum Gasteiger partial charge on any atom is 0.0183 e. The molecule has 0 saturated carbocycles. The first-order valence-electron chi connectivity index (χ1n) is 6.68. The van der Waals surface area contributed by atoms with Crippen molar-refractivity contribution < 1.29 is 0 Å². The van der Waals surface area contributed by atoms with Crippen LogP contribution in [0, 0.1) is 23.7 Å². The molecule has 0 aliphatic rings. The summed E-state index contributed by atoms with van der Waals surface area (Å²) in [5, 5.41) is 0. The maximum atomic E-state index is 3.73. The molecule has 0 radical (unpaired) electrons. The van der Waals surface area contributed by atoms with E-state index in [4.69, 9.17) is 0 Å².